The van der Waals surface area contributed by atoms with Crippen LogP contribution in [0.25, 0.3) is 0 Å². The quantitative estimate of drug-likeness (QED) is 0.836. The molecule has 0 bridgehead atoms. The summed E-state index contributed by atoms with van der Waals surface area (Å²) in [4.78, 5) is 2.41. The third-order valence-corrected chi connectivity index (χ3v) is 4.00. The molecule has 2 aliphatic rings. The van der Waals surface area contributed by atoms with E-state index in [1.807, 2.05) is 0 Å². The molecule has 3 rings (SSSR count). The van der Waals surface area contributed by atoms with Crippen molar-refractivity contribution in [3.63, 3.8) is 0 Å². The zero-order chi connectivity index (χ0) is 13.1. The summed E-state index contributed by atoms with van der Waals surface area (Å²) in [5.41, 5.74) is 0. The number of hydrogen-bond acceptors (Lipinski definition) is 4. The van der Waals surface area contributed by atoms with Crippen LogP contribution in [0.4, 0.5) is 0 Å². The van der Waals surface area contributed by atoms with Gasteiger partial charge in [-0.05, 0) is 25.0 Å². The lowest BCUT2D eigenvalue weighted by atomic mass is 10.1. The molecule has 2 saturated heterocycles. The van der Waals surface area contributed by atoms with Gasteiger partial charge in [-0.1, -0.05) is 6.92 Å². The maximum Gasteiger partial charge on any atom is 0.118 e. The van der Waals surface area contributed by atoms with E-state index in [1.54, 1.807) is 0 Å². The lowest BCUT2D eigenvalue weighted by Crippen LogP contribution is -2.47. The van der Waals surface area contributed by atoms with E-state index >= 15 is 0 Å². The molecule has 4 heteroatoms. The van der Waals surface area contributed by atoms with Gasteiger partial charge in [0.15, 0.2) is 0 Å². The second kappa shape index (κ2) is 6.07. The van der Waals surface area contributed by atoms with Gasteiger partial charge in [-0.2, -0.15) is 0 Å². The van der Waals surface area contributed by atoms with Crippen molar-refractivity contribution in [2.24, 2.45) is 0 Å². The molecule has 0 amide bonds. The molecule has 19 heavy (non-hydrogen) atoms. The smallest absolute Gasteiger partial charge is 0.118 e. The average Bonchev–Trinajstić information content (AvgIpc) is 3.10. The number of rotatable bonds is 4. The number of ether oxygens (including phenoxy) is 2. The van der Waals surface area contributed by atoms with Crippen molar-refractivity contribution in [3.05, 3.63) is 23.7 Å². The number of morpholine rings is 1. The number of aryl methyl sites for hydroxylation is 1. The fourth-order valence-electron chi connectivity index (χ4n) is 2.91. The normalized spacial score (nSPS) is 28.9. The molecule has 0 radical (unpaired) electrons. The Morgan fingerprint density at radius 3 is 2.74 bits per heavy atom. The van der Waals surface area contributed by atoms with Crippen molar-refractivity contribution in [1.82, 2.24) is 4.90 Å². The van der Waals surface area contributed by atoms with Crippen molar-refractivity contribution < 1.29 is 13.9 Å². The summed E-state index contributed by atoms with van der Waals surface area (Å²) >= 11 is 0. The Labute approximate surface area is 114 Å². The Morgan fingerprint density at radius 1 is 1.16 bits per heavy atom. The van der Waals surface area contributed by atoms with Crippen LogP contribution in [-0.2, 0) is 22.4 Å². The van der Waals surface area contributed by atoms with E-state index in [1.165, 1.54) is 6.42 Å². The van der Waals surface area contributed by atoms with Crippen molar-refractivity contribution in [1.29, 1.82) is 0 Å². The molecule has 0 saturated carbocycles. The average molecular weight is 265 g/mol. The summed E-state index contributed by atoms with van der Waals surface area (Å²) < 4.78 is 17.4. The van der Waals surface area contributed by atoms with Gasteiger partial charge < -0.3 is 13.9 Å². The standard InChI is InChI=1S/C15H23NO3/c1-2-12-5-6-13(19-12)10-16-7-9-18-15(11-16)14-4-3-8-17-14/h5-6,14-15H,2-4,7-11H2,1H3/t14-,15+/m1/s1. The second-order valence-corrected chi connectivity index (χ2v) is 5.42. The first-order valence-electron chi connectivity index (χ1n) is 7.38. The van der Waals surface area contributed by atoms with E-state index < -0.39 is 0 Å². The predicted molar refractivity (Wildman–Crippen MR) is 72.1 cm³/mol. The fourth-order valence-corrected chi connectivity index (χ4v) is 2.91. The first kappa shape index (κ1) is 13.2. The largest absolute Gasteiger partial charge is 0.465 e. The highest BCUT2D eigenvalue weighted by Crippen LogP contribution is 2.22. The lowest BCUT2D eigenvalue weighted by Gasteiger charge is -2.34. The van der Waals surface area contributed by atoms with Crippen LogP contribution in [0.2, 0.25) is 0 Å². The van der Waals surface area contributed by atoms with Crippen LogP contribution in [0.5, 0.6) is 0 Å². The zero-order valence-electron chi connectivity index (χ0n) is 11.6. The summed E-state index contributed by atoms with van der Waals surface area (Å²) in [6, 6.07) is 4.17. The van der Waals surface area contributed by atoms with Gasteiger partial charge in [0.05, 0.1) is 25.4 Å². The molecule has 0 N–H and O–H groups in total. The van der Waals surface area contributed by atoms with E-state index in [9.17, 15) is 0 Å². The van der Waals surface area contributed by atoms with Crippen molar-refractivity contribution in [2.75, 3.05) is 26.3 Å². The molecule has 0 aromatic carbocycles. The molecule has 1 aromatic rings. The minimum atomic E-state index is 0.233. The number of nitrogens with zero attached hydrogens (tertiary/aromatic N) is 1. The van der Waals surface area contributed by atoms with Gasteiger partial charge >= 0.3 is 0 Å². The maximum absolute atomic E-state index is 5.86. The van der Waals surface area contributed by atoms with Crippen molar-refractivity contribution >= 4 is 0 Å². The second-order valence-electron chi connectivity index (χ2n) is 5.42. The van der Waals surface area contributed by atoms with Gasteiger partial charge in [0, 0.05) is 26.1 Å². The van der Waals surface area contributed by atoms with Gasteiger partial charge in [-0.15, -0.1) is 0 Å². The molecule has 0 spiro atoms. The minimum absolute atomic E-state index is 0.233. The molecule has 4 nitrogen and oxygen atoms in total. The van der Waals surface area contributed by atoms with Crippen LogP contribution in [0.3, 0.4) is 0 Å². The Balaban J connectivity index is 1.55. The SMILES string of the molecule is CCc1ccc(CN2CCO[C@H]([C@H]3CCCO3)C2)o1. The predicted octanol–water partition coefficient (Wildman–Crippen LogP) is 2.22. The van der Waals surface area contributed by atoms with Crippen LogP contribution < -0.4 is 0 Å². The Morgan fingerprint density at radius 2 is 2.00 bits per heavy atom. The molecule has 2 fully saturated rings. The first-order chi connectivity index (χ1) is 9.35. The van der Waals surface area contributed by atoms with E-state index in [0.717, 1.165) is 57.2 Å². The van der Waals surface area contributed by atoms with E-state index in [2.05, 4.69) is 24.0 Å². The molecule has 1 aromatic heterocycles. The van der Waals surface area contributed by atoms with Crippen LogP contribution in [0.15, 0.2) is 16.5 Å². The summed E-state index contributed by atoms with van der Waals surface area (Å²) in [5, 5.41) is 0. The fraction of sp³-hybridized carbons (Fsp3) is 0.733. The Hall–Kier alpha value is -0.840. The lowest BCUT2D eigenvalue weighted by molar-refractivity contribution is -0.0968. The molecule has 0 aliphatic carbocycles. The van der Waals surface area contributed by atoms with Crippen molar-refractivity contribution in [2.45, 2.75) is 44.9 Å². The minimum Gasteiger partial charge on any atom is -0.465 e. The third-order valence-electron chi connectivity index (χ3n) is 4.00. The van der Waals surface area contributed by atoms with Crippen LogP contribution >= 0.6 is 0 Å². The van der Waals surface area contributed by atoms with Crippen LogP contribution in [-0.4, -0.2) is 43.4 Å². The number of furan rings is 1. The molecule has 2 aliphatic heterocycles. The molecule has 3 heterocycles. The summed E-state index contributed by atoms with van der Waals surface area (Å²) in [7, 11) is 0. The van der Waals surface area contributed by atoms with Gasteiger partial charge in [-0.3, -0.25) is 4.90 Å². The topological polar surface area (TPSA) is 34.8 Å². The highest BCUT2D eigenvalue weighted by atomic mass is 16.5. The maximum atomic E-state index is 5.86. The van der Waals surface area contributed by atoms with Crippen LogP contribution in [0, 0.1) is 0 Å². The monoisotopic (exact) mass is 265 g/mol. The molecular formula is C15H23NO3. The Kier molecular flexibility index (Phi) is 4.21. The van der Waals surface area contributed by atoms with Gasteiger partial charge in [0.2, 0.25) is 0 Å². The van der Waals surface area contributed by atoms with Gasteiger partial charge in [-0.25, -0.2) is 0 Å². The van der Waals surface area contributed by atoms with E-state index in [0.29, 0.717) is 6.10 Å². The summed E-state index contributed by atoms with van der Waals surface area (Å²) in [6.07, 6.45) is 3.80. The van der Waals surface area contributed by atoms with Gasteiger partial charge in [0.1, 0.15) is 11.5 Å². The van der Waals surface area contributed by atoms with E-state index in [-0.39, 0.29) is 6.10 Å². The highest BCUT2D eigenvalue weighted by molar-refractivity contribution is 5.07. The molecular weight excluding hydrogens is 242 g/mol. The summed E-state index contributed by atoms with van der Waals surface area (Å²) in [5.74, 6) is 2.13. The van der Waals surface area contributed by atoms with Gasteiger partial charge in [0.25, 0.3) is 0 Å². The molecule has 0 unspecified atom stereocenters. The number of hydrogen-bond donors (Lipinski definition) is 0. The van der Waals surface area contributed by atoms with E-state index in [4.69, 9.17) is 13.9 Å². The first-order valence-corrected chi connectivity index (χ1v) is 7.38. The van der Waals surface area contributed by atoms with Crippen molar-refractivity contribution in [3.8, 4) is 0 Å². The van der Waals surface area contributed by atoms with Crippen LogP contribution in [0.1, 0.15) is 31.3 Å². The third kappa shape index (κ3) is 3.19. The highest BCUT2D eigenvalue weighted by Gasteiger charge is 2.31. The molecule has 2 atom stereocenters. The summed E-state index contributed by atoms with van der Waals surface area (Å²) in [6.45, 7) is 6.62. The Bertz CT molecular complexity index is 398. The molecule has 106 valence electrons. The zero-order valence-corrected chi connectivity index (χ0v) is 11.6.